The van der Waals surface area contributed by atoms with Gasteiger partial charge < -0.3 is 19.2 Å². The Morgan fingerprint density at radius 1 is 1.03 bits per heavy atom. The summed E-state index contributed by atoms with van der Waals surface area (Å²) in [5, 5.41) is 3.01. The predicted octanol–water partition coefficient (Wildman–Crippen LogP) is 5.47. The van der Waals surface area contributed by atoms with Crippen LogP contribution in [0, 0.1) is 0 Å². The van der Waals surface area contributed by atoms with Crippen LogP contribution in [0.25, 0.3) is 0 Å². The second kappa shape index (κ2) is 11.1. The fraction of sp³-hybridized carbons (Fsp3) is 0.667. The molecule has 0 bridgehead atoms. The van der Waals surface area contributed by atoms with Crippen LogP contribution in [0.15, 0.2) is 30.3 Å². The van der Waals surface area contributed by atoms with Gasteiger partial charge in [0, 0.05) is 6.42 Å². The van der Waals surface area contributed by atoms with E-state index in [1.54, 1.807) is 0 Å². The van der Waals surface area contributed by atoms with Crippen molar-refractivity contribution >= 4 is 20.4 Å². The molecule has 0 saturated heterocycles. The zero-order valence-corrected chi connectivity index (χ0v) is 21.7. The summed E-state index contributed by atoms with van der Waals surface area (Å²) in [6, 6.07) is 9.59. The summed E-state index contributed by atoms with van der Waals surface area (Å²) in [4.78, 5) is 24.5. The zero-order chi connectivity index (χ0) is 23.9. The molecule has 0 unspecified atom stereocenters. The van der Waals surface area contributed by atoms with Crippen LogP contribution in [0.1, 0.15) is 59.9 Å². The van der Waals surface area contributed by atoms with Gasteiger partial charge in [-0.3, -0.25) is 4.79 Å². The molecule has 0 aliphatic heterocycles. The van der Waals surface area contributed by atoms with E-state index in [4.69, 9.17) is 13.9 Å². The standard InChI is InChI=1S/C24H41NO5Si/c1-23(2,3)29-22(27)25-19(17-18-13-11-10-12-14-18)20(15-16-21(26)28-7)30-31(8,9)24(4,5)6/h10-14,19-20H,15-17H2,1-9H3,(H,25,27)/t19-,20-/m0/s1. The summed E-state index contributed by atoms with van der Waals surface area (Å²) in [6.45, 7) is 16.4. The van der Waals surface area contributed by atoms with Crippen LogP contribution >= 0.6 is 0 Å². The van der Waals surface area contributed by atoms with Crippen LogP contribution in [0.3, 0.4) is 0 Å². The molecule has 1 rings (SSSR count). The molecule has 1 aromatic carbocycles. The van der Waals surface area contributed by atoms with E-state index in [1.807, 2.05) is 51.1 Å². The molecular formula is C24H41NO5Si. The van der Waals surface area contributed by atoms with Gasteiger partial charge in [0.2, 0.25) is 0 Å². The first-order valence-electron chi connectivity index (χ1n) is 10.9. The SMILES string of the molecule is COC(=O)CC[C@H](O[Si](C)(C)C(C)(C)C)[C@H](Cc1ccccc1)NC(=O)OC(C)(C)C. The molecule has 1 amide bonds. The summed E-state index contributed by atoms with van der Waals surface area (Å²) >= 11 is 0. The Hall–Kier alpha value is -1.86. The first kappa shape index (κ1) is 27.2. The van der Waals surface area contributed by atoms with Gasteiger partial charge in [0.15, 0.2) is 8.32 Å². The molecule has 0 aromatic heterocycles. The van der Waals surface area contributed by atoms with Crippen LogP contribution in [0.5, 0.6) is 0 Å². The van der Waals surface area contributed by atoms with Gasteiger partial charge in [-0.05, 0) is 57.3 Å². The number of ether oxygens (including phenoxy) is 2. The van der Waals surface area contributed by atoms with Crippen LogP contribution in [0.4, 0.5) is 4.79 Å². The number of carbonyl (C=O) groups excluding carboxylic acids is 2. The minimum absolute atomic E-state index is 0.0142. The highest BCUT2D eigenvalue weighted by molar-refractivity contribution is 6.74. The van der Waals surface area contributed by atoms with E-state index in [9.17, 15) is 9.59 Å². The summed E-state index contributed by atoms with van der Waals surface area (Å²) < 4.78 is 17.1. The van der Waals surface area contributed by atoms with Crippen molar-refractivity contribution in [2.24, 2.45) is 0 Å². The van der Waals surface area contributed by atoms with E-state index in [0.29, 0.717) is 12.8 Å². The lowest BCUT2D eigenvalue weighted by atomic mass is 9.98. The summed E-state index contributed by atoms with van der Waals surface area (Å²) in [6.07, 6.45) is 0.396. The normalized spacial score (nSPS) is 14.5. The molecule has 0 heterocycles. The maximum atomic E-state index is 12.7. The number of rotatable bonds is 9. The van der Waals surface area contributed by atoms with Crippen molar-refractivity contribution in [2.45, 2.75) is 96.7 Å². The zero-order valence-electron chi connectivity index (χ0n) is 20.7. The van der Waals surface area contributed by atoms with Gasteiger partial charge in [-0.2, -0.15) is 0 Å². The monoisotopic (exact) mass is 451 g/mol. The molecule has 2 atom stereocenters. The largest absolute Gasteiger partial charge is 0.469 e. The lowest BCUT2D eigenvalue weighted by Gasteiger charge is -2.41. The van der Waals surface area contributed by atoms with E-state index in [-0.39, 0.29) is 29.6 Å². The number of benzene rings is 1. The molecule has 31 heavy (non-hydrogen) atoms. The van der Waals surface area contributed by atoms with Crippen molar-refractivity contribution in [2.75, 3.05) is 7.11 Å². The molecule has 0 aliphatic rings. The molecule has 0 spiro atoms. The fourth-order valence-corrected chi connectivity index (χ4v) is 4.25. The van der Waals surface area contributed by atoms with Gasteiger partial charge in [-0.1, -0.05) is 51.1 Å². The van der Waals surface area contributed by atoms with Crippen LogP contribution < -0.4 is 5.32 Å². The van der Waals surface area contributed by atoms with E-state index < -0.39 is 20.0 Å². The minimum atomic E-state index is -2.17. The highest BCUT2D eigenvalue weighted by atomic mass is 28.4. The lowest BCUT2D eigenvalue weighted by Crippen LogP contribution is -2.53. The van der Waals surface area contributed by atoms with Crippen molar-refractivity contribution in [3.05, 3.63) is 35.9 Å². The van der Waals surface area contributed by atoms with E-state index in [1.165, 1.54) is 7.11 Å². The number of hydrogen-bond acceptors (Lipinski definition) is 5. The van der Waals surface area contributed by atoms with Gasteiger partial charge in [0.05, 0.1) is 19.3 Å². The van der Waals surface area contributed by atoms with Crippen LogP contribution in [0.2, 0.25) is 18.1 Å². The number of alkyl carbamates (subject to hydrolysis) is 1. The van der Waals surface area contributed by atoms with Crippen molar-refractivity contribution in [1.82, 2.24) is 5.32 Å². The average molecular weight is 452 g/mol. The van der Waals surface area contributed by atoms with Gasteiger partial charge in [-0.25, -0.2) is 4.79 Å². The summed E-state index contributed by atoms with van der Waals surface area (Å²) in [5.74, 6) is -0.292. The molecular weight excluding hydrogens is 410 g/mol. The Kier molecular flexibility index (Phi) is 9.76. The Labute approximate surface area is 189 Å². The highest BCUT2D eigenvalue weighted by Gasteiger charge is 2.41. The Morgan fingerprint density at radius 3 is 2.10 bits per heavy atom. The topological polar surface area (TPSA) is 73.9 Å². The molecule has 1 N–H and O–H groups in total. The predicted molar refractivity (Wildman–Crippen MR) is 127 cm³/mol. The molecule has 1 aromatic rings. The van der Waals surface area contributed by atoms with Crippen LogP contribution in [-0.2, 0) is 25.1 Å². The van der Waals surface area contributed by atoms with Gasteiger partial charge >= 0.3 is 12.1 Å². The second-order valence-electron chi connectivity index (χ2n) is 10.5. The first-order chi connectivity index (χ1) is 14.1. The third-order valence-electron chi connectivity index (χ3n) is 5.56. The fourth-order valence-electron chi connectivity index (χ4n) is 2.86. The van der Waals surface area contributed by atoms with Crippen LogP contribution in [-0.4, -0.2) is 45.2 Å². The lowest BCUT2D eigenvalue weighted by molar-refractivity contribution is -0.141. The van der Waals surface area contributed by atoms with Crippen molar-refractivity contribution in [3.8, 4) is 0 Å². The minimum Gasteiger partial charge on any atom is -0.469 e. The molecule has 176 valence electrons. The molecule has 0 aliphatic carbocycles. The Balaban J connectivity index is 3.22. The number of hydrogen-bond donors (Lipinski definition) is 1. The number of esters is 1. The van der Waals surface area contributed by atoms with Gasteiger partial charge in [-0.15, -0.1) is 0 Å². The maximum Gasteiger partial charge on any atom is 0.407 e. The number of methoxy groups -OCH3 is 1. The van der Waals surface area contributed by atoms with Crippen molar-refractivity contribution in [3.63, 3.8) is 0 Å². The maximum absolute atomic E-state index is 12.7. The number of amides is 1. The van der Waals surface area contributed by atoms with Crippen molar-refractivity contribution in [1.29, 1.82) is 0 Å². The van der Waals surface area contributed by atoms with Gasteiger partial charge in [0.25, 0.3) is 0 Å². The molecule has 0 fully saturated rings. The number of nitrogens with one attached hydrogen (secondary N) is 1. The third-order valence-corrected chi connectivity index (χ3v) is 10.1. The highest BCUT2D eigenvalue weighted by Crippen LogP contribution is 2.38. The average Bonchev–Trinajstić information content (AvgIpc) is 2.62. The smallest absolute Gasteiger partial charge is 0.407 e. The molecule has 6 nitrogen and oxygen atoms in total. The molecule has 7 heteroatoms. The summed E-state index contributed by atoms with van der Waals surface area (Å²) in [5.41, 5.74) is 0.467. The quantitative estimate of drug-likeness (QED) is 0.398. The first-order valence-corrected chi connectivity index (χ1v) is 13.8. The summed E-state index contributed by atoms with van der Waals surface area (Å²) in [7, 11) is -0.791. The molecule has 0 radical (unpaired) electrons. The van der Waals surface area contributed by atoms with E-state index in [0.717, 1.165) is 5.56 Å². The Morgan fingerprint density at radius 2 is 1.61 bits per heavy atom. The van der Waals surface area contributed by atoms with Crippen molar-refractivity contribution < 1.29 is 23.5 Å². The van der Waals surface area contributed by atoms with E-state index >= 15 is 0 Å². The Bertz CT molecular complexity index is 707. The number of carbonyl (C=O) groups is 2. The second-order valence-corrected chi connectivity index (χ2v) is 15.2. The molecule has 0 saturated carbocycles. The third kappa shape index (κ3) is 9.87. The van der Waals surface area contributed by atoms with Gasteiger partial charge in [0.1, 0.15) is 5.60 Å². The van der Waals surface area contributed by atoms with E-state index in [2.05, 4.69) is 39.2 Å².